The van der Waals surface area contributed by atoms with Gasteiger partial charge < -0.3 is 20.8 Å². The first kappa shape index (κ1) is 19.6. The van der Waals surface area contributed by atoms with Gasteiger partial charge in [0.1, 0.15) is 12.1 Å². The van der Waals surface area contributed by atoms with Crippen molar-refractivity contribution in [2.75, 3.05) is 13.1 Å². The van der Waals surface area contributed by atoms with Gasteiger partial charge in [-0.15, -0.1) is 0 Å². The van der Waals surface area contributed by atoms with Crippen molar-refractivity contribution < 1.29 is 19.8 Å². The smallest absolute Gasteiger partial charge is 0.322 e. The molecular weight excluding hydrogens is 300 g/mol. The fourth-order valence-electron chi connectivity index (χ4n) is 1.71. The molecule has 0 rings (SSSR count). The Morgan fingerprint density at radius 2 is 1.15 bits per heavy atom. The molecule has 0 spiro atoms. The van der Waals surface area contributed by atoms with Gasteiger partial charge >= 0.3 is 11.9 Å². The molecule has 0 unspecified atom stereocenters. The Morgan fingerprint density at radius 1 is 0.900 bits per heavy atom. The van der Waals surface area contributed by atoms with Gasteiger partial charge in [-0.25, -0.2) is 0 Å². The fourth-order valence-corrected chi connectivity index (χ4v) is 2.11. The predicted molar refractivity (Wildman–Crippen MR) is 85.0 cm³/mol. The number of carboxylic acids is 2. The van der Waals surface area contributed by atoms with Gasteiger partial charge in [-0.2, -0.15) is 25.3 Å². The molecular formula is C12H24N2O4S2. The first-order valence-electron chi connectivity index (χ1n) is 6.24. The molecule has 118 valence electrons. The van der Waals surface area contributed by atoms with E-state index in [0.717, 1.165) is 0 Å². The van der Waals surface area contributed by atoms with Crippen LogP contribution in [-0.4, -0.2) is 56.8 Å². The molecule has 0 aromatic heterocycles. The predicted octanol–water partition coefficient (Wildman–Crippen LogP) is 0.489. The average Bonchev–Trinajstić information content (AvgIpc) is 2.17. The lowest BCUT2D eigenvalue weighted by molar-refractivity contribution is -0.141. The van der Waals surface area contributed by atoms with E-state index in [9.17, 15) is 9.59 Å². The maximum absolute atomic E-state index is 11.1. The number of hydrogen-bond acceptors (Lipinski definition) is 6. The largest absolute Gasteiger partial charge is 0.480 e. The van der Waals surface area contributed by atoms with E-state index in [1.165, 1.54) is 0 Å². The van der Waals surface area contributed by atoms with Gasteiger partial charge in [-0.3, -0.25) is 9.59 Å². The molecule has 0 aromatic carbocycles. The molecule has 8 heteroatoms. The van der Waals surface area contributed by atoms with E-state index < -0.39 is 33.5 Å². The zero-order valence-electron chi connectivity index (χ0n) is 12.2. The van der Waals surface area contributed by atoms with Gasteiger partial charge in [0.15, 0.2) is 0 Å². The second kappa shape index (κ2) is 7.53. The van der Waals surface area contributed by atoms with Crippen LogP contribution >= 0.6 is 25.3 Å². The Hall–Kier alpha value is -0.440. The van der Waals surface area contributed by atoms with E-state index in [1.54, 1.807) is 27.7 Å². The lowest BCUT2D eigenvalue weighted by Crippen LogP contribution is -2.54. The molecule has 0 heterocycles. The molecule has 0 radical (unpaired) electrons. The van der Waals surface area contributed by atoms with Crippen molar-refractivity contribution in [3.63, 3.8) is 0 Å². The van der Waals surface area contributed by atoms with E-state index in [2.05, 4.69) is 35.9 Å². The number of aliphatic carboxylic acids is 2. The lowest BCUT2D eigenvalue weighted by atomic mass is 10.0. The van der Waals surface area contributed by atoms with Crippen LogP contribution in [0.4, 0.5) is 0 Å². The third-order valence-electron chi connectivity index (χ3n) is 2.73. The molecule has 2 atom stereocenters. The standard InChI is InChI=1S/C12H24N2O4S2/c1-11(2,19)7(9(15)16)13-5-6-14-8(10(17)18)12(3,4)20/h7-8,13-14,19-20H,5-6H2,1-4H3,(H,15,16)(H,17,18)/t7-,8-/m0/s1. The molecule has 0 aliphatic heterocycles. The summed E-state index contributed by atoms with van der Waals surface area (Å²) >= 11 is 8.48. The SMILES string of the molecule is CC(C)(S)[C@@H](NCCN[C@@H](C(=O)O)C(C)(C)S)C(=O)O. The summed E-state index contributed by atoms with van der Waals surface area (Å²) in [7, 11) is 0. The molecule has 0 saturated carbocycles. The van der Waals surface area contributed by atoms with Gasteiger partial charge in [0.2, 0.25) is 0 Å². The summed E-state index contributed by atoms with van der Waals surface area (Å²) < 4.78 is -1.44. The van der Waals surface area contributed by atoms with Crippen molar-refractivity contribution in [3.05, 3.63) is 0 Å². The summed E-state index contributed by atoms with van der Waals surface area (Å²) in [5.74, 6) is -1.98. The molecule has 0 bridgehead atoms. The molecule has 0 saturated heterocycles. The lowest BCUT2D eigenvalue weighted by Gasteiger charge is -2.29. The minimum absolute atomic E-state index is 0.314. The van der Waals surface area contributed by atoms with Crippen molar-refractivity contribution in [2.24, 2.45) is 0 Å². The van der Waals surface area contributed by atoms with Crippen LogP contribution in [0.25, 0.3) is 0 Å². The maximum Gasteiger partial charge on any atom is 0.322 e. The zero-order valence-corrected chi connectivity index (χ0v) is 14.0. The van der Waals surface area contributed by atoms with Crippen LogP contribution in [0, 0.1) is 0 Å². The van der Waals surface area contributed by atoms with Crippen LogP contribution in [0.5, 0.6) is 0 Å². The molecule has 0 aromatic rings. The van der Waals surface area contributed by atoms with Crippen LogP contribution in [0.1, 0.15) is 27.7 Å². The van der Waals surface area contributed by atoms with E-state index in [0.29, 0.717) is 13.1 Å². The Bertz CT molecular complexity index is 316. The highest BCUT2D eigenvalue weighted by Crippen LogP contribution is 2.18. The molecule has 0 fully saturated rings. The quantitative estimate of drug-likeness (QED) is 0.273. The van der Waals surface area contributed by atoms with Crippen LogP contribution < -0.4 is 10.6 Å². The second-order valence-electron chi connectivity index (χ2n) is 5.76. The van der Waals surface area contributed by atoms with Crippen molar-refractivity contribution in [1.29, 1.82) is 0 Å². The number of hydrogen-bond donors (Lipinski definition) is 6. The molecule has 4 N–H and O–H groups in total. The van der Waals surface area contributed by atoms with Crippen molar-refractivity contribution in [3.8, 4) is 0 Å². The minimum Gasteiger partial charge on any atom is -0.480 e. The molecule has 6 nitrogen and oxygen atoms in total. The van der Waals surface area contributed by atoms with Gasteiger partial charge in [0, 0.05) is 22.6 Å². The highest BCUT2D eigenvalue weighted by molar-refractivity contribution is 7.82. The van der Waals surface area contributed by atoms with E-state index in [1.807, 2.05) is 0 Å². The number of nitrogens with one attached hydrogen (secondary N) is 2. The Morgan fingerprint density at radius 3 is 1.30 bits per heavy atom. The molecule has 0 amide bonds. The van der Waals surface area contributed by atoms with Gasteiger partial charge in [0.25, 0.3) is 0 Å². The van der Waals surface area contributed by atoms with Gasteiger partial charge in [0.05, 0.1) is 0 Å². The van der Waals surface area contributed by atoms with Crippen LogP contribution in [0.2, 0.25) is 0 Å². The average molecular weight is 324 g/mol. The van der Waals surface area contributed by atoms with Crippen molar-refractivity contribution in [2.45, 2.75) is 49.3 Å². The maximum atomic E-state index is 11.1. The summed E-state index contributed by atoms with van der Waals surface area (Å²) in [5, 5.41) is 23.9. The van der Waals surface area contributed by atoms with Crippen LogP contribution in [0.3, 0.4) is 0 Å². The monoisotopic (exact) mass is 324 g/mol. The normalized spacial score (nSPS) is 15.7. The highest BCUT2D eigenvalue weighted by Gasteiger charge is 2.33. The summed E-state index contributed by atoms with van der Waals surface area (Å²) in [6.07, 6.45) is 0. The van der Waals surface area contributed by atoms with E-state index in [-0.39, 0.29) is 0 Å². The first-order valence-corrected chi connectivity index (χ1v) is 7.14. The van der Waals surface area contributed by atoms with E-state index in [4.69, 9.17) is 10.2 Å². The molecule has 0 aliphatic carbocycles. The number of thiol groups is 2. The van der Waals surface area contributed by atoms with Gasteiger partial charge in [-0.05, 0) is 27.7 Å². The summed E-state index contributed by atoms with van der Waals surface area (Å²) in [4.78, 5) is 22.2. The third kappa shape index (κ3) is 6.83. The third-order valence-corrected chi connectivity index (χ3v) is 3.25. The Balaban J connectivity index is 4.37. The molecule has 20 heavy (non-hydrogen) atoms. The number of carboxylic acid groups (broad SMARTS) is 2. The van der Waals surface area contributed by atoms with E-state index >= 15 is 0 Å². The zero-order chi connectivity index (χ0) is 16.1. The fraction of sp³-hybridized carbons (Fsp3) is 0.833. The number of carbonyl (C=O) groups is 2. The highest BCUT2D eigenvalue weighted by atomic mass is 32.1. The Labute approximate surface area is 130 Å². The summed E-state index contributed by atoms with van der Waals surface area (Å²) in [6.45, 7) is 7.43. The van der Waals surface area contributed by atoms with Crippen molar-refractivity contribution >= 4 is 37.2 Å². The topological polar surface area (TPSA) is 98.7 Å². The second-order valence-corrected chi connectivity index (χ2v) is 8.06. The summed E-state index contributed by atoms with van der Waals surface area (Å²) in [5.41, 5.74) is 0. The van der Waals surface area contributed by atoms with Crippen molar-refractivity contribution in [1.82, 2.24) is 10.6 Å². The van der Waals surface area contributed by atoms with Crippen LogP contribution in [0.15, 0.2) is 0 Å². The Kier molecular flexibility index (Phi) is 7.37. The van der Waals surface area contributed by atoms with Crippen LogP contribution in [-0.2, 0) is 9.59 Å². The van der Waals surface area contributed by atoms with Gasteiger partial charge in [-0.1, -0.05) is 0 Å². The minimum atomic E-state index is -0.991. The first-order chi connectivity index (χ1) is 8.87. The summed E-state index contributed by atoms with van der Waals surface area (Å²) in [6, 6.07) is -1.64. The molecule has 0 aliphatic rings. The number of rotatable bonds is 9.